The Hall–Kier alpha value is 0. The number of unbranched alkanes of at least 4 members (excludes halogenated alkanes) is 9. The van der Waals surface area contributed by atoms with Crippen molar-refractivity contribution < 1.29 is 0 Å². The van der Waals surface area contributed by atoms with Crippen LogP contribution in [0.3, 0.4) is 0 Å². The highest BCUT2D eigenvalue weighted by molar-refractivity contribution is 4.57. The first-order valence-corrected chi connectivity index (χ1v) is 5.47. The van der Waals surface area contributed by atoms with Gasteiger partial charge in [-0.1, -0.05) is 65.2 Å². The summed E-state index contributed by atoms with van der Waals surface area (Å²) in [5.74, 6) is 0. The summed E-state index contributed by atoms with van der Waals surface area (Å²) in [7, 11) is 0. The van der Waals surface area contributed by atoms with E-state index in [0.717, 1.165) is 0 Å². The summed E-state index contributed by atoms with van der Waals surface area (Å²) in [6.45, 7) is 4.30. The van der Waals surface area contributed by atoms with Crippen molar-refractivity contribution in [1.29, 1.82) is 0 Å². The normalized spacial score (nSPS) is 10.5. The highest BCUT2D eigenvalue weighted by Gasteiger charge is 1.90. The Labute approximate surface area is 78.8 Å². The van der Waals surface area contributed by atoms with E-state index in [-0.39, 0.29) is 0 Å². The van der Waals surface area contributed by atoms with Gasteiger partial charge >= 0.3 is 0 Å². The molecule has 0 amide bonds. The maximum Gasteiger partial charge on any atom is -0.0417 e. The van der Waals surface area contributed by atoms with E-state index in [4.69, 9.17) is 0 Å². The van der Waals surface area contributed by atoms with Crippen LogP contribution in [0.1, 0.15) is 65.2 Å². The van der Waals surface area contributed by atoms with Gasteiger partial charge in [-0.2, -0.15) is 0 Å². The monoisotopic (exact) mass is 168 g/mol. The maximum atomic E-state index is 2.27. The minimum atomic E-state index is 1.31. The van der Waals surface area contributed by atoms with Crippen LogP contribution in [-0.4, -0.2) is 0 Å². The molecule has 0 heteroatoms. The van der Waals surface area contributed by atoms with E-state index in [1.54, 1.807) is 0 Å². The first-order chi connectivity index (χ1) is 5.91. The van der Waals surface area contributed by atoms with Crippen molar-refractivity contribution in [3.63, 3.8) is 0 Å². The molecule has 0 nitrogen and oxygen atoms in total. The van der Waals surface area contributed by atoms with Crippen molar-refractivity contribution in [2.45, 2.75) is 65.2 Å². The quantitative estimate of drug-likeness (QED) is 0.443. The van der Waals surface area contributed by atoms with Crippen LogP contribution < -0.4 is 0 Å². The van der Waals surface area contributed by atoms with Gasteiger partial charge in [-0.05, 0) is 12.8 Å². The Morgan fingerprint density at radius 1 is 0.583 bits per heavy atom. The molecular formula is C12H24. The molecule has 0 unspecified atom stereocenters. The number of hydrogen-bond donors (Lipinski definition) is 0. The lowest BCUT2D eigenvalue weighted by Gasteiger charge is -1.99. The van der Waals surface area contributed by atoms with Gasteiger partial charge in [0.2, 0.25) is 0 Å². The second kappa shape index (κ2) is 11.0. The Balaban J connectivity index is 2.73. The molecule has 0 fully saturated rings. The second-order valence-corrected chi connectivity index (χ2v) is 3.52. The van der Waals surface area contributed by atoms with Crippen LogP contribution in [0.4, 0.5) is 0 Å². The molecule has 0 aromatic rings. The molecule has 0 aromatic heterocycles. The van der Waals surface area contributed by atoms with Crippen molar-refractivity contribution >= 4 is 0 Å². The molecule has 0 spiro atoms. The van der Waals surface area contributed by atoms with Crippen molar-refractivity contribution in [2.24, 2.45) is 0 Å². The van der Waals surface area contributed by atoms with E-state index in [1.807, 2.05) is 0 Å². The van der Waals surface area contributed by atoms with Gasteiger partial charge in [0.15, 0.2) is 0 Å². The fourth-order valence-corrected chi connectivity index (χ4v) is 1.40. The van der Waals surface area contributed by atoms with Gasteiger partial charge in [-0.25, -0.2) is 0 Å². The van der Waals surface area contributed by atoms with E-state index in [1.165, 1.54) is 51.4 Å². The van der Waals surface area contributed by atoms with E-state index in [2.05, 4.69) is 26.7 Å². The predicted molar refractivity (Wildman–Crippen MR) is 56.9 cm³/mol. The fraction of sp³-hybridized carbons (Fsp3) is 0.833. The van der Waals surface area contributed by atoms with Crippen LogP contribution in [0.2, 0.25) is 0 Å². The molecule has 2 radical (unpaired) electrons. The Morgan fingerprint density at radius 2 is 0.917 bits per heavy atom. The Bertz CT molecular complexity index is 56.4. The molecule has 72 valence electrons. The lowest BCUT2D eigenvalue weighted by Crippen LogP contribution is -1.80. The summed E-state index contributed by atoms with van der Waals surface area (Å²) >= 11 is 0. The van der Waals surface area contributed by atoms with E-state index >= 15 is 0 Å². The molecule has 0 aliphatic heterocycles. The maximum absolute atomic E-state index is 2.27. The minimum absolute atomic E-state index is 1.31. The molecule has 0 N–H and O–H groups in total. The van der Waals surface area contributed by atoms with Crippen LogP contribution in [0.5, 0.6) is 0 Å². The topological polar surface area (TPSA) is 0 Å². The van der Waals surface area contributed by atoms with Crippen molar-refractivity contribution in [2.75, 3.05) is 0 Å². The summed E-state index contributed by atoms with van der Waals surface area (Å²) in [4.78, 5) is 0. The predicted octanol–water partition coefficient (Wildman–Crippen LogP) is 4.56. The molecule has 0 aliphatic carbocycles. The fourth-order valence-electron chi connectivity index (χ4n) is 1.40. The molecule has 0 saturated heterocycles. The number of rotatable bonds is 9. The molecule has 12 heavy (non-hydrogen) atoms. The Morgan fingerprint density at radius 3 is 1.25 bits per heavy atom. The molecule has 0 bridgehead atoms. The summed E-state index contributed by atoms with van der Waals surface area (Å²) in [6.07, 6.45) is 15.7. The molecule has 0 aromatic carbocycles. The van der Waals surface area contributed by atoms with Gasteiger partial charge in [0.05, 0.1) is 0 Å². The van der Waals surface area contributed by atoms with Crippen molar-refractivity contribution in [1.82, 2.24) is 0 Å². The lowest BCUT2D eigenvalue weighted by atomic mass is 10.1. The van der Waals surface area contributed by atoms with E-state index in [9.17, 15) is 0 Å². The lowest BCUT2D eigenvalue weighted by molar-refractivity contribution is 0.590. The standard InChI is InChI=1S/C12H24/c1-3-5-7-9-11-12-10-8-6-4-2/h3-4H,5-12H2,1-2H3. The molecular weight excluding hydrogens is 144 g/mol. The molecule has 0 heterocycles. The average molecular weight is 168 g/mol. The summed E-state index contributed by atoms with van der Waals surface area (Å²) < 4.78 is 0. The summed E-state index contributed by atoms with van der Waals surface area (Å²) in [6, 6.07) is 0. The van der Waals surface area contributed by atoms with Gasteiger partial charge in [-0.15, -0.1) is 0 Å². The van der Waals surface area contributed by atoms with Crippen LogP contribution >= 0.6 is 0 Å². The van der Waals surface area contributed by atoms with E-state index in [0.29, 0.717) is 0 Å². The molecule has 0 atom stereocenters. The van der Waals surface area contributed by atoms with E-state index < -0.39 is 0 Å². The first-order valence-electron chi connectivity index (χ1n) is 5.47. The zero-order valence-electron chi connectivity index (χ0n) is 8.81. The summed E-state index contributed by atoms with van der Waals surface area (Å²) in [5.41, 5.74) is 0. The van der Waals surface area contributed by atoms with Gasteiger partial charge in [-0.3, -0.25) is 0 Å². The first kappa shape index (κ1) is 12.0. The SMILES string of the molecule is C[CH]CCCCCCCC[CH]C. The highest BCUT2D eigenvalue weighted by Crippen LogP contribution is 2.09. The zero-order valence-corrected chi connectivity index (χ0v) is 8.81. The van der Waals surface area contributed by atoms with Crippen LogP contribution in [-0.2, 0) is 0 Å². The van der Waals surface area contributed by atoms with Crippen molar-refractivity contribution in [3.8, 4) is 0 Å². The smallest absolute Gasteiger partial charge is 0.0417 e. The van der Waals surface area contributed by atoms with Gasteiger partial charge in [0.1, 0.15) is 0 Å². The van der Waals surface area contributed by atoms with Gasteiger partial charge < -0.3 is 0 Å². The second-order valence-electron chi connectivity index (χ2n) is 3.52. The van der Waals surface area contributed by atoms with Gasteiger partial charge in [0, 0.05) is 0 Å². The molecule has 0 rings (SSSR count). The third-order valence-electron chi connectivity index (χ3n) is 2.24. The summed E-state index contributed by atoms with van der Waals surface area (Å²) in [5, 5.41) is 0. The number of hydrogen-bond acceptors (Lipinski definition) is 0. The average Bonchev–Trinajstić information content (AvgIpc) is 2.10. The van der Waals surface area contributed by atoms with Crippen LogP contribution in [0.25, 0.3) is 0 Å². The van der Waals surface area contributed by atoms with Crippen LogP contribution in [0, 0.1) is 12.8 Å². The van der Waals surface area contributed by atoms with Crippen molar-refractivity contribution in [3.05, 3.63) is 12.8 Å². The highest BCUT2D eigenvalue weighted by atomic mass is 14.0. The zero-order chi connectivity index (χ0) is 9.07. The third kappa shape index (κ3) is 10.0. The van der Waals surface area contributed by atoms with Gasteiger partial charge in [0.25, 0.3) is 0 Å². The van der Waals surface area contributed by atoms with Crippen LogP contribution in [0.15, 0.2) is 0 Å². The molecule has 0 aliphatic rings. The molecule has 0 saturated carbocycles. The minimum Gasteiger partial charge on any atom is -0.0623 e. The largest absolute Gasteiger partial charge is 0.0623 e. The third-order valence-corrected chi connectivity index (χ3v) is 2.24. The Kier molecular flexibility index (Phi) is 11.0.